The van der Waals surface area contributed by atoms with Crippen LogP contribution in [0, 0.1) is 0 Å². The zero-order chi connectivity index (χ0) is 21.4. The molecule has 0 bridgehead atoms. The van der Waals surface area contributed by atoms with Crippen molar-refractivity contribution in [1.29, 1.82) is 0 Å². The summed E-state index contributed by atoms with van der Waals surface area (Å²) in [6.45, 7) is 2.40. The van der Waals surface area contributed by atoms with Crippen molar-refractivity contribution in [3.05, 3.63) is 34.0 Å². The van der Waals surface area contributed by atoms with E-state index in [4.69, 9.17) is 10.2 Å². The molecule has 4 N–H and O–H groups in total. The fourth-order valence-electron chi connectivity index (χ4n) is 2.49. The van der Waals surface area contributed by atoms with Gasteiger partial charge in [0.25, 0.3) is 4.88 Å². The third-order valence-corrected chi connectivity index (χ3v) is 5.98. The lowest BCUT2D eigenvalue weighted by molar-refractivity contribution is 0.0955. The molecule has 0 fully saturated rings. The topological polar surface area (TPSA) is 126 Å². The summed E-state index contributed by atoms with van der Waals surface area (Å²) in [6, 6.07) is 3.98. The van der Waals surface area contributed by atoms with Crippen molar-refractivity contribution >= 4 is 34.3 Å². The minimum atomic E-state index is -1.68. The molecule has 0 saturated heterocycles. The number of carbonyl (C=O) groups excluding carboxylic acids is 1. The monoisotopic (exact) mass is 442 g/mol. The van der Waals surface area contributed by atoms with Crippen molar-refractivity contribution in [3.63, 3.8) is 0 Å². The summed E-state index contributed by atoms with van der Waals surface area (Å²) in [5.74, 6) is 2.94. The Labute approximate surface area is 178 Å². The molecule has 0 spiro atoms. The first-order valence-electron chi connectivity index (χ1n) is 9.24. The van der Waals surface area contributed by atoms with Crippen LogP contribution in [0.3, 0.4) is 0 Å². The minimum absolute atomic E-state index is 0.0409. The van der Waals surface area contributed by atoms with Crippen LogP contribution >= 0.6 is 22.7 Å². The standard InChI is InChI=1S/C18H30N6O3S2/c1-23(2)9-7-21-18(25)16-15(19)17(22-29(16)26)20-8-10-28-12-14-6-5-13(27-14)11-24(3)4/h5-6H,7-12,19H2,1-4H3,(H,20,22)(H,21,25). The Hall–Kier alpha value is -1.79. The molecule has 162 valence electrons. The summed E-state index contributed by atoms with van der Waals surface area (Å²) >= 11 is 1.69. The number of nitrogens with one attached hydrogen (secondary N) is 2. The molecule has 2 aromatic heterocycles. The van der Waals surface area contributed by atoms with E-state index in [1.165, 1.54) is 0 Å². The number of likely N-dealkylation sites (N-methyl/N-ethyl adjacent to an activating group) is 1. The van der Waals surface area contributed by atoms with Crippen molar-refractivity contribution in [3.8, 4) is 0 Å². The SMILES string of the molecule is CN(C)CCNC(=O)c1c(N)c(=NCCSCc2ccc(CN(C)C)o2)[nH][s+]1[O-]. The average Bonchev–Trinajstić information content (AvgIpc) is 3.17. The average molecular weight is 443 g/mol. The number of H-pyrrole nitrogens is 1. The number of furan rings is 1. The lowest BCUT2D eigenvalue weighted by Gasteiger charge is -2.09. The molecule has 0 aromatic carbocycles. The van der Waals surface area contributed by atoms with Crippen LogP contribution in [0.25, 0.3) is 0 Å². The van der Waals surface area contributed by atoms with Gasteiger partial charge in [-0.3, -0.25) is 9.79 Å². The lowest BCUT2D eigenvalue weighted by Crippen LogP contribution is -2.31. The predicted octanol–water partition coefficient (Wildman–Crippen LogP) is 1.10. The highest BCUT2D eigenvalue weighted by Crippen LogP contribution is 2.20. The van der Waals surface area contributed by atoms with Gasteiger partial charge in [0.1, 0.15) is 17.2 Å². The van der Waals surface area contributed by atoms with Gasteiger partial charge in [0, 0.05) is 18.8 Å². The summed E-state index contributed by atoms with van der Waals surface area (Å²) in [7, 11) is 6.13. The summed E-state index contributed by atoms with van der Waals surface area (Å²) in [5.41, 5.74) is 6.45. The Morgan fingerprint density at radius 3 is 2.72 bits per heavy atom. The Morgan fingerprint density at radius 1 is 1.31 bits per heavy atom. The number of aromatic nitrogens is 1. The number of hydrogen-bond donors (Lipinski definition) is 3. The van der Waals surface area contributed by atoms with Crippen LogP contribution in [0.1, 0.15) is 21.2 Å². The Morgan fingerprint density at radius 2 is 2.03 bits per heavy atom. The maximum Gasteiger partial charge on any atom is 0.308 e. The zero-order valence-corrected chi connectivity index (χ0v) is 19.0. The van der Waals surface area contributed by atoms with Gasteiger partial charge in [0.2, 0.25) is 0 Å². The fraction of sp³-hybridized carbons (Fsp3) is 0.556. The van der Waals surface area contributed by atoms with Crippen LogP contribution in [0.5, 0.6) is 0 Å². The second-order valence-electron chi connectivity index (χ2n) is 7.06. The lowest BCUT2D eigenvalue weighted by atomic mass is 10.4. The van der Waals surface area contributed by atoms with Gasteiger partial charge < -0.3 is 29.8 Å². The van der Waals surface area contributed by atoms with Gasteiger partial charge in [-0.25, -0.2) is 0 Å². The molecular weight excluding hydrogens is 412 g/mol. The van der Waals surface area contributed by atoms with E-state index < -0.39 is 16.9 Å². The number of nitrogen functional groups attached to an aromatic ring is 1. The molecule has 2 heterocycles. The van der Waals surface area contributed by atoms with Crippen LogP contribution in [-0.4, -0.2) is 78.2 Å². The number of nitrogens with two attached hydrogens (primary N) is 1. The van der Waals surface area contributed by atoms with E-state index in [2.05, 4.69) is 19.6 Å². The van der Waals surface area contributed by atoms with Crippen molar-refractivity contribution in [2.75, 3.05) is 59.3 Å². The molecule has 2 rings (SSSR count). The molecule has 0 aliphatic carbocycles. The molecule has 0 aliphatic heterocycles. The highest BCUT2D eigenvalue weighted by Gasteiger charge is 2.24. The summed E-state index contributed by atoms with van der Waals surface area (Å²) in [4.78, 5) is 20.6. The highest BCUT2D eigenvalue weighted by molar-refractivity contribution is 7.98. The smallest absolute Gasteiger partial charge is 0.308 e. The van der Waals surface area contributed by atoms with Gasteiger partial charge >= 0.3 is 5.91 Å². The van der Waals surface area contributed by atoms with Crippen molar-refractivity contribution < 1.29 is 13.8 Å². The Balaban J connectivity index is 1.84. The summed E-state index contributed by atoms with van der Waals surface area (Å²) in [5, 5.41) is 2.72. The molecular formula is C18H30N6O3S2. The van der Waals surface area contributed by atoms with Crippen LogP contribution in [-0.2, 0) is 12.3 Å². The van der Waals surface area contributed by atoms with Crippen LogP contribution in [0.4, 0.5) is 5.69 Å². The molecule has 0 aliphatic rings. The van der Waals surface area contributed by atoms with E-state index in [9.17, 15) is 9.35 Å². The predicted molar refractivity (Wildman–Crippen MR) is 117 cm³/mol. The molecule has 11 heteroatoms. The first-order chi connectivity index (χ1) is 13.8. The van der Waals surface area contributed by atoms with Crippen LogP contribution in [0.15, 0.2) is 21.5 Å². The summed E-state index contributed by atoms with van der Waals surface area (Å²) in [6.07, 6.45) is 0. The number of rotatable bonds is 11. The molecule has 9 nitrogen and oxygen atoms in total. The third-order valence-electron chi connectivity index (χ3n) is 3.86. The molecule has 1 amide bonds. The maximum absolute atomic E-state index is 12.2. The second-order valence-corrected chi connectivity index (χ2v) is 9.32. The van der Waals surface area contributed by atoms with Gasteiger partial charge in [0.05, 0.1) is 29.8 Å². The molecule has 1 atom stereocenters. The van der Waals surface area contributed by atoms with Crippen LogP contribution in [0.2, 0.25) is 0 Å². The van der Waals surface area contributed by atoms with E-state index in [0.717, 1.165) is 29.6 Å². The Kier molecular flexibility index (Phi) is 9.24. The minimum Gasteiger partial charge on any atom is -0.570 e. The normalized spacial score (nSPS) is 12.9. The van der Waals surface area contributed by atoms with E-state index in [1.807, 2.05) is 45.2 Å². The van der Waals surface area contributed by atoms with Crippen LogP contribution < -0.4 is 16.5 Å². The first-order valence-corrected chi connectivity index (χ1v) is 11.5. The fourth-order valence-corrected chi connectivity index (χ4v) is 4.20. The van der Waals surface area contributed by atoms with E-state index in [-0.39, 0.29) is 10.6 Å². The zero-order valence-electron chi connectivity index (χ0n) is 17.4. The number of hydrogen-bond acceptors (Lipinski definition) is 8. The molecule has 0 saturated carbocycles. The molecule has 0 radical (unpaired) electrons. The van der Waals surface area contributed by atoms with Gasteiger partial charge in [-0.05, 0) is 40.3 Å². The number of aromatic amines is 1. The molecule has 2 aromatic rings. The summed E-state index contributed by atoms with van der Waals surface area (Å²) < 4.78 is 20.6. The van der Waals surface area contributed by atoms with Crippen molar-refractivity contribution in [2.24, 2.45) is 4.99 Å². The van der Waals surface area contributed by atoms with Crippen molar-refractivity contribution in [2.45, 2.75) is 12.3 Å². The largest absolute Gasteiger partial charge is 0.570 e. The van der Waals surface area contributed by atoms with Gasteiger partial charge in [-0.1, -0.05) is 0 Å². The number of amides is 1. The van der Waals surface area contributed by atoms with Gasteiger partial charge in [0.15, 0.2) is 5.49 Å². The number of thioether (sulfide) groups is 1. The maximum atomic E-state index is 12.2. The quantitative estimate of drug-likeness (QED) is 0.351. The van der Waals surface area contributed by atoms with E-state index in [0.29, 0.717) is 25.1 Å². The number of carbonyl (C=O) groups is 1. The van der Waals surface area contributed by atoms with Gasteiger partial charge in [-0.15, -0.1) is 0 Å². The van der Waals surface area contributed by atoms with Crippen molar-refractivity contribution in [1.82, 2.24) is 19.5 Å². The molecule has 1 unspecified atom stereocenters. The first kappa shape index (κ1) is 23.5. The number of nitrogens with zero attached hydrogens (tertiary/aromatic N) is 3. The number of anilines is 1. The third kappa shape index (κ3) is 7.52. The van der Waals surface area contributed by atoms with E-state index in [1.54, 1.807) is 11.8 Å². The molecule has 29 heavy (non-hydrogen) atoms. The highest BCUT2D eigenvalue weighted by atomic mass is 32.2. The second kappa shape index (κ2) is 11.4. The Bertz CT molecular complexity index is 856. The van der Waals surface area contributed by atoms with E-state index >= 15 is 0 Å². The van der Waals surface area contributed by atoms with Gasteiger partial charge in [-0.2, -0.15) is 16.1 Å².